The average Bonchev–Trinajstić information content (AvgIpc) is 2.80. The molecule has 0 saturated heterocycles. The summed E-state index contributed by atoms with van der Waals surface area (Å²) in [5.41, 5.74) is 1.91. The summed E-state index contributed by atoms with van der Waals surface area (Å²) in [7, 11) is 0. The zero-order chi connectivity index (χ0) is 13.9. The van der Waals surface area contributed by atoms with E-state index in [0.29, 0.717) is 5.78 Å². The van der Waals surface area contributed by atoms with Gasteiger partial charge < -0.3 is 4.98 Å². The highest BCUT2D eigenvalue weighted by molar-refractivity contribution is 9.10. The first-order valence-corrected chi connectivity index (χ1v) is 8.36. The van der Waals surface area contributed by atoms with E-state index in [0.717, 1.165) is 33.8 Å². The second kappa shape index (κ2) is 6.13. The number of halogens is 1. The van der Waals surface area contributed by atoms with E-state index in [1.165, 1.54) is 32.1 Å². The Bertz CT molecular complexity index is 608. The molecule has 0 bridgehead atoms. The zero-order valence-corrected chi connectivity index (χ0v) is 13.2. The van der Waals surface area contributed by atoms with Crippen LogP contribution in [0, 0.1) is 5.92 Å². The highest BCUT2D eigenvalue weighted by Crippen LogP contribution is 2.29. The van der Waals surface area contributed by atoms with Crippen LogP contribution in [0.15, 0.2) is 28.9 Å². The lowest BCUT2D eigenvalue weighted by atomic mass is 9.85. The fraction of sp³-hybridized carbons (Fsp3) is 0.471. The van der Waals surface area contributed by atoms with E-state index in [1.807, 2.05) is 24.4 Å². The molecular formula is C17H20BrNO. The highest BCUT2D eigenvalue weighted by Gasteiger charge is 2.23. The minimum atomic E-state index is 0.220. The number of carbonyl (C=O) groups excluding carboxylic acids is 1. The predicted octanol–water partition coefficient (Wildman–Crippen LogP) is 5.47. The zero-order valence-electron chi connectivity index (χ0n) is 11.6. The molecular weight excluding hydrogens is 314 g/mol. The van der Waals surface area contributed by atoms with Gasteiger partial charge in [-0.3, -0.25) is 4.79 Å². The largest absolute Gasteiger partial charge is 0.360 e. The standard InChI is InChI=1S/C17H20BrNO/c18-13-8-9-14-15(11-19-16(14)10-13)17(20)12-6-4-2-1-3-5-7-12/h8-12,19H,1-7H2. The number of aromatic nitrogens is 1. The normalized spacial score (nSPS) is 17.9. The summed E-state index contributed by atoms with van der Waals surface area (Å²) in [4.78, 5) is 16.0. The van der Waals surface area contributed by atoms with Crippen LogP contribution in [0.1, 0.15) is 55.3 Å². The number of benzene rings is 1. The maximum Gasteiger partial charge on any atom is 0.168 e. The van der Waals surface area contributed by atoms with Gasteiger partial charge in [-0.2, -0.15) is 0 Å². The van der Waals surface area contributed by atoms with Crippen LogP contribution in [-0.4, -0.2) is 10.8 Å². The van der Waals surface area contributed by atoms with Gasteiger partial charge in [-0.25, -0.2) is 0 Å². The molecule has 1 heterocycles. The third kappa shape index (κ3) is 2.83. The van der Waals surface area contributed by atoms with E-state index >= 15 is 0 Å². The Balaban J connectivity index is 1.87. The molecule has 2 nitrogen and oxygen atoms in total. The van der Waals surface area contributed by atoms with E-state index in [9.17, 15) is 4.79 Å². The Hall–Kier alpha value is -1.09. The second-order valence-corrected chi connectivity index (χ2v) is 6.71. The van der Waals surface area contributed by atoms with E-state index in [-0.39, 0.29) is 5.92 Å². The van der Waals surface area contributed by atoms with Crippen LogP contribution in [0.4, 0.5) is 0 Å². The molecule has 1 saturated carbocycles. The van der Waals surface area contributed by atoms with E-state index in [1.54, 1.807) is 0 Å². The smallest absolute Gasteiger partial charge is 0.168 e. The maximum atomic E-state index is 12.8. The minimum Gasteiger partial charge on any atom is -0.360 e. The van der Waals surface area contributed by atoms with Gasteiger partial charge in [-0.1, -0.05) is 54.1 Å². The van der Waals surface area contributed by atoms with E-state index in [4.69, 9.17) is 0 Å². The first-order valence-electron chi connectivity index (χ1n) is 7.56. The molecule has 3 rings (SSSR count). The van der Waals surface area contributed by atoms with Crippen molar-refractivity contribution >= 4 is 32.6 Å². The molecule has 106 valence electrons. The molecule has 2 aromatic rings. The lowest BCUT2D eigenvalue weighted by Crippen LogP contribution is -2.16. The molecule has 0 unspecified atom stereocenters. The molecule has 0 aliphatic heterocycles. The molecule has 1 aromatic carbocycles. The van der Waals surface area contributed by atoms with Gasteiger partial charge in [0, 0.05) is 33.1 Å². The third-order valence-electron chi connectivity index (χ3n) is 4.39. The molecule has 0 radical (unpaired) electrons. The SMILES string of the molecule is O=C(c1c[nH]c2cc(Br)ccc12)C1CCCCCCC1. The Morgan fingerprint density at radius 3 is 2.55 bits per heavy atom. The Labute approximate surface area is 128 Å². The van der Waals surface area contributed by atoms with Crippen molar-refractivity contribution in [2.45, 2.75) is 44.9 Å². The van der Waals surface area contributed by atoms with Crippen LogP contribution >= 0.6 is 15.9 Å². The lowest BCUT2D eigenvalue weighted by Gasteiger charge is -2.18. The van der Waals surface area contributed by atoms with Crippen LogP contribution in [0.2, 0.25) is 0 Å². The van der Waals surface area contributed by atoms with Gasteiger partial charge in [0.25, 0.3) is 0 Å². The van der Waals surface area contributed by atoms with Gasteiger partial charge in [0.2, 0.25) is 0 Å². The van der Waals surface area contributed by atoms with Crippen molar-refractivity contribution in [3.8, 4) is 0 Å². The summed E-state index contributed by atoms with van der Waals surface area (Å²) in [6.45, 7) is 0. The van der Waals surface area contributed by atoms with Crippen LogP contribution in [0.5, 0.6) is 0 Å². The first-order chi connectivity index (χ1) is 9.75. The number of aromatic amines is 1. The van der Waals surface area contributed by atoms with Crippen LogP contribution in [0.25, 0.3) is 10.9 Å². The molecule has 20 heavy (non-hydrogen) atoms. The Morgan fingerprint density at radius 2 is 1.80 bits per heavy atom. The Kier molecular flexibility index (Phi) is 4.25. The van der Waals surface area contributed by atoms with Crippen molar-refractivity contribution in [2.24, 2.45) is 5.92 Å². The van der Waals surface area contributed by atoms with Crippen LogP contribution in [0.3, 0.4) is 0 Å². The molecule has 1 fully saturated rings. The molecule has 1 aromatic heterocycles. The molecule has 0 atom stereocenters. The number of Topliss-reactive ketones (excluding diaryl/α,β-unsaturated/α-hetero) is 1. The topological polar surface area (TPSA) is 32.9 Å². The third-order valence-corrected chi connectivity index (χ3v) is 4.88. The summed E-state index contributed by atoms with van der Waals surface area (Å²) in [5, 5.41) is 1.06. The van der Waals surface area contributed by atoms with Gasteiger partial charge in [-0.15, -0.1) is 0 Å². The highest BCUT2D eigenvalue weighted by atomic mass is 79.9. The van der Waals surface area contributed by atoms with Crippen molar-refractivity contribution in [3.05, 3.63) is 34.4 Å². The van der Waals surface area contributed by atoms with Gasteiger partial charge in [0.15, 0.2) is 5.78 Å². The average molecular weight is 334 g/mol. The number of hydrogen-bond acceptors (Lipinski definition) is 1. The molecule has 1 aliphatic carbocycles. The molecule has 3 heteroatoms. The van der Waals surface area contributed by atoms with Crippen molar-refractivity contribution in [3.63, 3.8) is 0 Å². The van der Waals surface area contributed by atoms with Crippen LogP contribution in [-0.2, 0) is 0 Å². The lowest BCUT2D eigenvalue weighted by molar-refractivity contribution is 0.0900. The number of ketones is 1. The number of fused-ring (bicyclic) bond motifs is 1. The van der Waals surface area contributed by atoms with Gasteiger partial charge in [0.05, 0.1) is 0 Å². The molecule has 0 amide bonds. The number of carbonyl (C=O) groups is 1. The number of rotatable bonds is 2. The van der Waals surface area contributed by atoms with E-state index in [2.05, 4.69) is 20.9 Å². The summed E-state index contributed by atoms with van der Waals surface area (Å²) in [6, 6.07) is 6.07. The fourth-order valence-electron chi connectivity index (χ4n) is 3.24. The molecule has 1 aliphatic rings. The summed E-state index contributed by atoms with van der Waals surface area (Å²) in [5.74, 6) is 0.554. The number of nitrogens with one attached hydrogen (secondary N) is 1. The van der Waals surface area contributed by atoms with Crippen molar-refractivity contribution in [2.75, 3.05) is 0 Å². The van der Waals surface area contributed by atoms with Gasteiger partial charge in [0.1, 0.15) is 0 Å². The minimum absolute atomic E-state index is 0.220. The monoisotopic (exact) mass is 333 g/mol. The van der Waals surface area contributed by atoms with E-state index < -0.39 is 0 Å². The summed E-state index contributed by atoms with van der Waals surface area (Å²) in [6.07, 6.45) is 10.3. The van der Waals surface area contributed by atoms with Crippen LogP contribution < -0.4 is 0 Å². The Morgan fingerprint density at radius 1 is 1.10 bits per heavy atom. The fourth-order valence-corrected chi connectivity index (χ4v) is 3.60. The molecule has 1 N–H and O–H groups in total. The maximum absolute atomic E-state index is 12.8. The van der Waals surface area contributed by atoms with Crippen molar-refractivity contribution < 1.29 is 4.79 Å². The summed E-state index contributed by atoms with van der Waals surface area (Å²) < 4.78 is 1.04. The second-order valence-electron chi connectivity index (χ2n) is 5.80. The molecule has 0 spiro atoms. The predicted molar refractivity (Wildman–Crippen MR) is 86.1 cm³/mol. The van der Waals surface area contributed by atoms with Crippen molar-refractivity contribution in [1.82, 2.24) is 4.98 Å². The van der Waals surface area contributed by atoms with Gasteiger partial charge >= 0.3 is 0 Å². The summed E-state index contributed by atoms with van der Waals surface area (Å²) >= 11 is 3.47. The van der Waals surface area contributed by atoms with Gasteiger partial charge in [-0.05, 0) is 25.0 Å². The number of hydrogen-bond donors (Lipinski definition) is 1. The quantitative estimate of drug-likeness (QED) is 0.726. The first kappa shape index (κ1) is 13.9. The number of H-pyrrole nitrogens is 1. The van der Waals surface area contributed by atoms with Crippen molar-refractivity contribution in [1.29, 1.82) is 0 Å².